The maximum atomic E-state index is 11.8. The molecule has 98 valence electrons. The summed E-state index contributed by atoms with van der Waals surface area (Å²) in [5.41, 5.74) is 6.49. The van der Waals surface area contributed by atoms with E-state index in [9.17, 15) is 4.79 Å². The van der Waals surface area contributed by atoms with Crippen molar-refractivity contribution in [1.82, 2.24) is 5.32 Å². The predicted molar refractivity (Wildman–Crippen MR) is 74.2 cm³/mol. The molecule has 2 unspecified atom stereocenters. The van der Waals surface area contributed by atoms with Gasteiger partial charge in [-0.3, -0.25) is 0 Å². The van der Waals surface area contributed by atoms with Crippen molar-refractivity contribution in [2.24, 2.45) is 5.73 Å². The minimum atomic E-state index is -0.268. The Kier molecular flexibility index (Phi) is 4.32. The molecule has 18 heavy (non-hydrogen) atoms. The van der Waals surface area contributed by atoms with Gasteiger partial charge in [-0.1, -0.05) is 23.2 Å². The third kappa shape index (κ3) is 3.28. The van der Waals surface area contributed by atoms with Crippen LogP contribution in [0.1, 0.15) is 19.3 Å². The van der Waals surface area contributed by atoms with Gasteiger partial charge in [0.2, 0.25) is 0 Å². The highest BCUT2D eigenvalue weighted by Gasteiger charge is 2.25. The molecule has 1 fully saturated rings. The Morgan fingerprint density at radius 1 is 1.28 bits per heavy atom. The SMILES string of the molecule is NC1CCCC1NC(=O)Nc1ccc(Cl)c(Cl)c1. The molecule has 0 aromatic heterocycles. The summed E-state index contributed by atoms with van der Waals surface area (Å²) >= 11 is 11.7. The summed E-state index contributed by atoms with van der Waals surface area (Å²) in [6, 6.07) is 4.77. The number of halogens is 2. The highest BCUT2D eigenvalue weighted by atomic mass is 35.5. The summed E-state index contributed by atoms with van der Waals surface area (Å²) in [4.78, 5) is 11.8. The molecule has 0 aliphatic heterocycles. The Labute approximate surface area is 116 Å². The molecule has 1 aliphatic carbocycles. The molecule has 1 aliphatic rings. The number of amides is 2. The van der Waals surface area contributed by atoms with Gasteiger partial charge in [0.25, 0.3) is 0 Å². The maximum absolute atomic E-state index is 11.8. The average Bonchev–Trinajstić information content (AvgIpc) is 2.70. The molecule has 2 amide bonds. The van der Waals surface area contributed by atoms with Crippen LogP contribution in [0.25, 0.3) is 0 Å². The molecule has 4 nitrogen and oxygen atoms in total. The van der Waals surface area contributed by atoms with Gasteiger partial charge in [-0.05, 0) is 37.5 Å². The Morgan fingerprint density at radius 2 is 2.06 bits per heavy atom. The number of nitrogens with two attached hydrogens (primary N) is 1. The second-order valence-corrected chi connectivity index (χ2v) is 5.24. The quantitative estimate of drug-likeness (QED) is 0.783. The van der Waals surface area contributed by atoms with Gasteiger partial charge in [0.15, 0.2) is 0 Å². The van der Waals surface area contributed by atoms with Gasteiger partial charge in [0.05, 0.1) is 10.0 Å². The van der Waals surface area contributed by atoms with Crippen LogP contribution in [-0.4, -0.2) is 18.1 Å². The molecule has 4 N–H and O–H groups in total. The molecule has 0 radical (unpaired) electrons. The fourth-order valence-corrected chi connectivity index (χ4v) is 2.38. The van der Waals surface area contributed by atoms with Crippen molar-refractivity contribution in [3.05, 3.63) is 28.2 Å². The van der Waals surface area contributed by atoms with Gasteiger partial charge in [-0.15, -0.1) is 0 Å². The zero-order valence-corrected chi connectivity index (χ0v) is 11.3. The minimum absolute atomic E-state index is 0.0459. The Bertz CT molecular complexity index is 453. The summed E-state index contributed by atoms with van der Waals surface area (Å²) in [6.45, 7) is 0. The molecular weight excluding hydrogens is 273 g/mol. The van der Waals surface area contributed by atoms with E-state index in [-0.39, 0.29) is 18.1 Å². The second kappa shape index (κ2) is 5.78. The van der Waals surface area contributed by atoms with Gasteiger partial charge >= 0.3 is 6.03 Å². The van der Waals surface area contributed by atoms with E-state index in [1.165, 1.54) is 0 Å². The van der Waals surface area contributed by atoms with Crippen LogP contribution in [0.3, 0.4) is 0 Å². The third-order valence-electron chi connectivity index (χ3n) is 3.06. The van der Waals surface area contributed by atoms with Crippen molar-refractivity contribution in [3.8, 4) is 0 Å². The van der Waals surface area contributed by atoms with Gasteiger partial charge in [-0.2, -0.15) is 0 Å². The maximum Gasteiger partial charge on any atom is 0.319 e. The van der Waals surface area contributed by atoms with E-state index in [1.807, 2.05) is 0 Å². The van der Waals surface area contributed by atoms with Crippen LogP contribution in [0.5, 0.6) is 0 Å². The fourth-order valence-electron chi connectivity index (χ4n) is 2.08. The topological polar surface area (TPSA) is 67.1 Å². The van der Waals surface area contributed by atoms with E-state index in [0.717, 1.165) is 19.3 Å². The summed E-state index contributed by atoms with van der Waals surface area (Å²) in [7, 11) is 0. The number of carbonyl (C=O) groups excluding carboxylic acids is 1. The summed E-state index contributed by atoms with van der Waals surface area (Å²) < 4.78 is 0. The molecule has 0 saturated heterocycles. The van der Waals surface area contributed by atoms with Gasteiger partial charge in [-0.25, -0.2) is 4.79 Å². The first-order valence-corrected chi connectivity index (χ1v) is 6.60. The van der Waals surface area contributed by atoms with Crippen LogP contribution in [0.15, 0.2) is 18.2 Å². The minimum Gasteiger partial charge on any atom is -0.334 e. The lowest BCUT2D eigenvalue weighted by Crippen LogP contribution is -2.45. The molecule has 0 spiro atoms. The molecule has 1 aromatic rings. The summed E-state index contributed by atoms with van der Waals surface area (Å²) in [5, 5.41) is 6.44. The molecule has 2 atom stereocenters. The standard InChI is InChI=1S/C12H15Cl2N3O/c13-8-5-4-7(6-9(8)14)16-12(18)17-11-3-1-2-10(11)15/h4-6,10-11H,1-3,15H2,(H2,16,17,18). The molecule has 1 saturated carbocycles. The zero-order valence-electron chi connectivity index (χ0n) is 9.75. The summed E-state index contributed by atoms with van der Waals surface area (Å²) in [5.74, 6) is 0. The lowest BCUT2D eigenvalue weighted by molar-refractivity contribution is 0.247. The van der Waals surface area contributed by atoms with Crippen molar-refractivity contribution in [2.75, 3.05) is 5.32 Å². The van der Waals surface area contributed by atoms with Gasteiger partial charge < -0.3 is 16.4 Å². The van der Waals surface area contributed by atoms with Crippen LogP contribution in [0.2, 0.25) is 10.0 Å². The van der Waals surface area contributed by atoms with Crippen LogP contribution >= 0.6 is 23.2 Å². The number of nitrogens with one attached hydrogen (secondary N) is 2. The first-order chi connectivity index (χ1) is 8.56. The van der Waals surface area contributed by atoms with Crippen molar-refractivity contribution < 1.29 is 4.79 Å². The number of urea groups is 1. The monoisotopic (exact) mass is 287 g/mol. The molecule has 6 heteroatoms. The van der Waals surface area contributed by atoms with E-state index < -0.39 is 0 Å². The lowest BCUT2D eigenvalue weighted by atomic mass is 10.2. The normalized spacial score (nSPS) is 22.8. The van der Waals surface area contributed by atoms with Crippen LogP contribution in [0, 0.1) is 0 Å². The Hall–Kier alpha value is -0.970. The van der Waals surface area contributed by atoms with Gasteiger partial charge in [0.1, 0.15) is 0 Å². The second-order valence-electron chi connectivity index (χ2n) is 4.43. The van der Waals surface area contributed by atoms with Crippen molar-refractivity contribution in [2.45, 2.75) is 31.3 Å². The highest BCUT2D eigenvalue weighted by Crippen LogP contribution is 2.25. The predicted octanol–water partition coefficient (Wildman–Crippen LogP) is 2.99. The first-order valence-electron chi connectivity index (χ1n) is 5.84. The number of carbonyl (C=O) groups is 1. The Balaban J connectivity index is 1.92. The molecule has 2 rings (SSSR count). The number of rotatable bonds is 2. The molecular formula is C12H15Cl2N3O. The van der Waals surface area contributed by atoms with Crippen molar-refractivity contribution >= 4 is 34.9 Å². The zero-order chi connectivity index (χ0) is 13.1. The molecule has 0 heterocycles. The largest absolute Gasteiger partial charge is 0.334 e. The van der Waals surface area contributed by atoms with E-state index in [4.69, 9.17) is 28.9 Å². The van der Waals surface area contributed by atoms with E-state index in [1.54, 1.807) is 18.2 Å². The van der Waals surface area contributed by atoms with Gasteiger partial charge in [0, 0.05) is 17.8 Å². The third-order valence-corrected chi connectivity index (χ3v) is 3.80. The van der Waals surface area contributed by atoms with Crippen LogP contribution in [-0.2, 0) is 0 Å². The van der Waals surface area contributed by atoms with E-state index in [2.05, 4.69) is 10.6 Å². The molecule has 0 bridgehead atoms. The van der Waals surface area contributed by atoms with E-state index >= 15 is 0 Å². The van der Waals surface area contributed by atoms with Crippen molar-refractivity contribution in [3.63, 3.8) is 0 Å². The number of hydrogen-bond acceptors (Lipinski definition) is 2. The number of benzene rings is 1. The molecule has 1 aromatic carbocycles. The lowest BCUT2D eigenvalue weighted by Gasteiger charge is -2.17. The van der Waals surface area contributed by atoms with E-state index in [0.29, 0.717) is 15.7 Å². The number of hydrogen-bond donors (Lipinski definition) is 3. The fraction of sp³-hybridized carbons (Fsp3) is 0.417. The number of anilines is 1. The smallest absolute Gasteiger partial charge is 0.319 e. The Morgan fingerprint density at radius 3 is 2.67 bits per heavy atom. The summed E-state index contributed by atoms with van der Waals surface area (Å²) in [6.07, 6.45) is 2.94. The van der Waals surface area contributed by atoms with Crippen LogP contribution in [0.4, 0.5) is 10.5 Å². The van der Waals surface area contributed by atoms with Crippen molar-refractivity contribution in [1.29, 1.82) is 0 Å². The first kappa shape index (κ1) is 13.5. The highest BCUT2D eigenvalue weighted by molar-refractivity contribution is 6.42. The van der Waals surface area contributed by atoms with Crippen LogP contribution < -0.4 is 16.4 Å². The average molecular weight is 288 g/mol.